The van der Waals surface area contributed by atoms with Gasteiger partial charge in [0.25, 0.3) is 5.91 Å². The molecule has 170 valence electrons. The van der Waals surface area contributed by atoms with Crippen LogP contribution in [0.5, 0.6) is 0 Å². The molecule has 4 heteroatoms. The van der Waals surface area contributed by atoms with Crippen LogP contribution in [0.2, 0.25) is 0 Å². The first-order valence-electron chi connectivity index (χ1n) is 11.7. The summed E-state index contributed by atoms with van der Waals surface area (Å²) in [6, 6.07) is 11.2. The Bertz CT molecular complexity index is 1020. The summed E-state index contributed by atoms with van der Waals surface area (Å²) in [6.45, 7) is 11.0. The number of carbonyl (C=O) groups excluding carboxylic acids is 1. The maximum Gasteiger partial charge on any atom is 0.254 e. The molecule has 0 aliphatic carbocycles. The molecule has 1 heterocycles. The zero-order valence-electron chi connectivity index (χ0n) is 19.9. The standard InChI is InChI=1S/C28H35FN2O/c1-6-21(7-2)17-31-28(32)24-13-9-12-23(27(24)29)26(25-15-14-18(3)16-30-25)22-11-8-10-19(4)20(22)5/h8-13,15-16,18,21,26H,6-7,14,17H2,1-5H3,(H,31,32). The molecule has 2 atom stereocenters. The Labute approximate surface area is 191 Å². The number of nitrogens with one attached hydrogen (secondary N) is 1. The van der Waals surface area contributed by atoms with Gasteiger partial charge in [-0.05, 0) is 54.9 Å². The highest BCUT2D eigenvalue weighted by Crippen LogP contribution is 2.38. The van der Waals surface area contributed by atoms with E-state index in [4.69, 9.17) is 4.99 Å². The number of rotatable bonds is 8. The van der Waals surface area contributed by atoms with E-state index in [2.05, 4.69) is 52.1 Å². The molecule has 0 aromatic heterocycles. The Morgan fingerprint density at radius 3 is 2.47 bits per heavy atom. The predicted molar refractivity (Wildman–Crippen MR) is 131 cm³/mol. The molecule has 1 aliphatic heterocycles. The highest BCUT2D eigenvalue weighted by molar-refractivity contribution is 5.94. The fourth-order valence-corrected chi connectivity index (χ4v) is 4.26. The number of benzene rings is 2. The van der Waals surface area contributed by atoms with Crippen LogP contribution in [0.4, 0.5) is 4.39 Å². The Hall–Kier alpha value is -2.75. The summed E-state index contributed by atoms with van der Waals surface area (Å²) in [5, 5.41) is 2.93. The van der Waals surface area contributed by atoms with Crippen molar-refractivity contribution in [2.24, 2.45) is 16.8 Å². The van der Waals surface area contributed by atoms with Crippen LogP contribution in [-0.2, 0) is 0 Å². The van der Waals surface area contributed by atoms with Gasteiger partial charge in [-0.3, -0.25) is 9.79 Å². The van der Waals surface area contributed by atoms with Crippen molar-refractivity contribution in [3.8, 4) is 0 Å². The summed E-state index contributed by atoms with van der Waals surface area (Å²) < 4.78 is 15.9. The third kappa shape index (κ3) is 5.17. The van der Waals surface area contributed by atoms with Crippen molar-refractivity contribution >= 4 is 12.1 Å². The van der Waals surface area contributed by atoms with Crippen molar-refractivity contribution in [2.45, 2.75) is 59.8 Å². The van der Waals surface area contributed by atoms with Crippen LogP contribution in [0.3, 0.4) is 0 Å². The maximum atomic E-state index is 15.9. The Kier molecular flexibility index (Phi) is 8.00. The molecular weight excluding hydrogens is 399 g/mol. The highest BCUT2D eigenvalue weighted by atomic mass is 19.1. The second-order valence-electron chi connectivity index (χ2n) is 8.94. The minimum Gasteiger partial charge on any atom is -0.352 e. The van der Waals surface area contributed by atoms with Gasteiger partial charge >= 0.3 is 0 Å². The fourth-order valence-electron chi connectivity index (χ4n) is 4.26. The molecule has 2 aromatic carbocycles. The van der Waals surface area contributed by atoms with Crippen molar-refractivity contribution in [2.75, 3.05) is 6.54 Å². The lowest BCUT2D eigenvalue weighted by molar-refractivity contribution is 0.0942. The number of carbonyl (C=O) groups is 1. The minimum absolute atomic E-state index is 0.0949. The molecule has 0 spiro atoms. The van der Waals surface area contributed by atoms with Gasteiger partial charge in [-0.25, -0.2) is 4.39 Å². The highest BCUT2D eigenvalue weighted by Gasteiger charge is 2.27. The van der Waals surface area contributed by atoms with E-state index >= 15 is 4.39 Å². The van der Waals surface area contributed by atoms with Gasteiger partial charge < -0.3 is 5.32 Å². The first kappa shape index (κ1) is 23.9. The number of aryl methyl sites for hydroxylation is 1. The van der Waals surface area contributed by atoms with Crippen LogP contribution < -0.4 is 5.32 Å². The molecule has 0 saturated carbocycles. The van der Waals surface area contributed by atoms with Gasteiger partial charge in [0.1, 0.15) is 5.82 Å². The van der Waals surface area contributed by atoms with E-state index in [0.717, 1.165) is 41.6 Å². The van der Waals surface area contributed by atoms with Crippen LogP contribution in [0.1, 0.15) is 78.6 Å². The molecule has 0 fully saturated rings. The van der Waals surface area contributed by atoms with Crippen molar-refractivity contribution in [1.82, 2.24) is 5.32 Å². The van der Waals surface area contributed by atoms with Crippen LogP contribution in [0, 0.1) is 31.5 Å². The summed E-state index contributed by atoms with van der Waals surface area (Å²) >= 11 is 0. The number of amides is 1. The average Bonchev–Trinajstić information content (AvgIpc) is 2.79. The van der Waals surface area contributed by atoms with Crippen molar-refractivity contribution < 1.29 is 9.18 Å². The van der Waals surface area contributed by atoms with Crippen LogP contribution in [0.25, 0.3) is 0 Å². The monoisotopic (exact) mass is 434 g/mol. The summed E-state index contributed by atoms with van der Waals surface area (Å²) in [5.74, 6) is -0.409. The number of hydrogen-bond donors (Lipinski definition) is 1. The van der Waals surface area contributed by atoms with Crippen LogP contribution in [-0.4, -0.2) is 18.7 Å². The summed E-state index contributed by atoms with van der Waals surface area (Å²) in [5.41, 5.74) is 4.72. The zero-order chi connectivity index (χ0) is 23.3. The van der Waals surface area contributed by atoms with Crippen LogP contribution in [0.15, 0.2) is 53.2 Å². The zero-order valence-corrected chi connectivity index (χ0v) is 19.9. The molecule has 3 rings (SSSR count). The minimum atomic E-state index is -0.463. The third-order valence-electron chi connectivity index (χ3n) is 6.72. The average molecular weight is 435 g/mol. The second kappa shape index (κ2) is 10.7. The first-order valence-corrected chi connectivity index (χ1v) is 11.7. The normalized spacial score (nSPS) is 16.7. The SMILES string of the molecule is CCC(CC)CNC(=O)c1cccc(C(C2=CCC(C)C=N2)c2cccc(C)c2C)c1F. The largest absolute Gasteiger partial charge is 0.352 e. The van der Waals surface area contributed by atoms with Gasteiger partial charge in [-0.15, -0.1) is 0 Å². The van der Waals surface area contributed by atoms with E-state index in [0.29, 0.717) is 23.9 Å². The summed E-state index contributed by atoms with van der Waals surface area (Å²) in [6.07, 6.45) is 6.89. The van der Waals surface area contributed by atoms with Gasteiger partial charge in [0.2, 0.25) is 0 Å². The fraction of sp³-hybridized carbons (Fsp3) is 0.429. The summed E-state index contributed by atoms with van der Waals surface area (Å²) in [7, 11) is 0. The lowest BCUT2D eigenvalue weighted by Gasteiger charge is -2.25. The quantitative estimate of drug-likeness (QED) is 0.491. The number of allylic oxidation sites excluding steroid dienone is 2. The smallest absolute Gasteiger partial charge is 0.254 e. The second-order valence-corrected chi connectivity index (χ2v) is 8.94. The maximum absolute atomic E-state index is 15.9. The number of hydrogen-bond acceptors (Lipinski definition) is 2. The number of nitrogens with zero attached hydrogens (tertiary/aromatic N) is 1. The van der Waals surface area contributed by atoms with E-state index in [1.54, 1.807) is 18.2 Å². The molecule has 32 heavy (non-hydrogen) atoms. The number of aliphatic imine (C=N–C) groups is 1. The van der Waals surface area contributed by atoms with Crippen molar-refractivity contribution in [3.63, 3.8) is 0 Å². The molecule has 2 aromatic rings. The van der Waals surface area contributed by atoms with Crippen LogP contribution >= 0.6 is 0 Å². The van der Waals surface area contributed by atoms with Crippen molar-refractivity contribution in [1.29, 1.82) is 0 Å². The van der Waals surface area contributed by atoms with Crippen molar-refractivity contribution in [3.05, 3.63) is 81.8 Å². The molecule has 1 N–H and O–H groups in total. The predicted octanol–water partition coefficient (Wildman–Crippen LogP) is 6.73. The van der Waals surface area contributed by atoms with E-state index in [1.165, 1.54) is 0 Å². The van der Waals surface area contributed by atoms with Gasteiger partial charge in [-0.1, -0.05) is 70.0 Å². The molecule has 1 aliphatic rings. The van der Waals surface area contributed by atoms with Gasteiger partial charge in [0.05, 0.1) is 11.5 Å². The first-order chi connectivity index (χ1) is 15.4. The summed E-state index contributed by atoms with van der Waals surface area (Å²) in [4.78, 5) is 17.6. The van der Waals surface area contributed by atoms with Gasteiger partial charge in [-0.2, -0.15) is 0 Å². The lowest BCUT2D eigenvalue weighted by atomic mass is 9.82. The topological polar surface area (TPSA) is 41.5 Å². The van der Waals surface area contributed by atoms with Gasteiger partial charge in [0, 0.05) is 24.0 Å². The molecular formula is C28H35FN2O. The Morgan fingerprint density at radius 1 is 1.12 bits per heavy atom. The molecule has 2 unspecified atom stereocenters. The lowest BCUT2D eigenvalue weighted by Crippen LogP contribution is -2.30. The Morgan fingerprint density at radius 2 is 1.81 bits per heavy atom. The van der Waals surface area contributed by atoms with Gasteiger partial charge in [0.15, 0.2) is 0 Å². The van der Waals surface area contributed by atoms with E-state index < -0.39 is 5.82 Å². The number of halogens is 1. The van der Waals surface area contributed by atoms with E-state index in [1.807, 2.05) is 18.3 Å². The molecule has 0 bridgehead atoms. The molecule has 3 nitrogen and oxygen atoms in total. The Balaban J connectivity index is 2.04. The molecule has 0 saturated heterocycles. The third-order valence-corrected chi connectivity index (χ3v) is 6.72. The molecule has 1 amide bonds. The molecule has 0 radical (unpaired) electrons. The van der Waals surface area contributed by atoms with E-state index in [9.17, 15) is 4.79 Å². The van der Waals surface area contributed by atoms with E-state index in [-0.39, 0.29) is 17.4 Å².